The fourth-order valence-corrected chi connectivity index (χ4v) is 1.68. The van der Waals surface area contributed by atoms with Gasteiger partial charge in [-0.2, -0.15) is 0 Å². The van der Waals surface area contributed by atoms with E-state index in [9.17, 15) is 9.90 Å². The number of aliphatic hydroxyl groups is 1. The Morgan fingerprint density at radius 3 is 2.44 bits per heavy atom. The van der Waals surface area contributed by atoms with Crippen molar-refractivity contribution >= 4 is 17.3 Å². The van der Waals surface area contributed by atoms with Crippen LogP contribution < -0.4 is 10.6 Å². The van der Waals surface area contributed by atoms with E-state index in [-0.39, 0.29) is 5.91 Å². The maximum atomic E-state index is 11.0. The summed E-state index contributed by atoms with van der Waals surface area (Å²) < 4.78 is 0. The van der Waals surface area contributed by atoms with Gasteiger partial charge in [-0.3, -0.25) is 4.79 Å². The predicted molar refractivity (Wildman–Crippen MR) is 74.8 cm³/mol. The van der Waals surface area contributed by atoms with Crippen LogP contribution in [0.3, 0.4) is 0 Å². The molecule has 0 aromatic heterocycles. The molecule has 0 heterocycles. The zero-order valence-corrected chi connectivity index (χ0v) is 11.3. The molecule has 0 saturated heterocycles. The molecule has 0 spiro atoms. The van der Waals surface area contributed by atoms with E-state index in [4.69, 9.17) is 0 Å². The second-order valence-corrected chi connectivity index (χ2v) is 4.55. The van der Waals surface area contributed by atoms with Gasteiger partial charge in [0.25, 0.3) is 0 Å². The third kappa shape index (κ3) is 4.37. The molecule has 0 bridgehead atoms. The second kappa shape index (κ2) is 6.40. The maximum absolute atomic E-state index is 11.0. The molecular weight excluding hydrogens is 228 g/mol. The fraction of sp³-hybridized carbons (Fsp3) is 0.500. The van der Waals surface area contributed by atoms with Crippen LogP contribution in [0.15, 0.2) is 24.3 Å². The molecule has 1 aromatic carbocycles. The monoisotopic (exact) mass is 250 g/mol. The number of hydrogen-bond donors (Lipinski definition) is 3. The lowest BCUT2D eigenvalue weighted by Crippen LogP contribution is -2.35. The Morgan fingerprint density at radius 2 is 1.89 bits per heavy atom. The maximum Gasteiger partial charge on any atom is 0.221 e. The van der Waals surface area contributed by atoms with Crippen molar-refractivity contribution in [1.29, 1.82) is 0 Å². The average Bonchev–Trinajstić information content (AvgIpc) is 2.36. The van der Waals surface area contributed by atoms with Crippen molar-refractivity contribution in [2.24, 2.45) is 0 Å². The highest BCUT2D eigenvalue weighted by Crippen LogP contribution is 2.19. The van der Waals surface area contributed by atoms with Crippen LogP contribution in [0.4, 0.5) is 11.4 Å². The summed E-state index contributed by atoms with van der Waals surface area (Å²) in [6.45, 7) is 5.92. The molecule has 4 heteroatoms. The lowest BCUT2D eigenvalue weighted by atomic mass is 9.97. The molecule has 0 atom stereocenters. The van der Waals surface area contributed by atoms with Crippen LogP contribution >= 0.6 is 0 Å². The number of amides is 1. The minimum atomic E-state index is -0.677. The minimum absolute atomic E-state index is 0.0919. The molecule has 100 valence electrons. The second-order valence-electron chi connectivity index (χ2n) is 4.55. The van der Waals surface area contributed by atoms with Crippen LogP contribution in [0, 0.1) is 0 Å². The highest BCUT2D eigenvalue weighted by Gasteiger charge is 2.21. The van der Waals surface area contributed by atoms with E-state index in [1.807, 2.05) is 38.1 Å². The van der Waals surface area contributed by atoms with Gasteiger partial charge >= 0.3 is 0 Å². The molecule has 0 aliphatic rings. The molecule has 0 aliphatic carbocycles. The van der Waals surface area contributed by atoms with Crippen molar-refractivity contribution in [1.82, 2.24) is 0 Å². The topological polar surface area (TPSA) is 61.4 Å². The summed E-state index contributed by atoms with van der Waals surface area (Å²) in [6.07, 6.45) is 1.42. The van der Waals surface area contributed by atoms with Gasteiger partial charge in [-0.1, -0.05) is 19.9 Å². The first-order valence-electron chi connectivity index (χ1n) is 6.33. The Balaban J connectivity index is 2.65. The molecule has 18 heavy (non-hydrogen) atoms. The van der Waals surface area contributed by atoms with E-state index >= 15 is 0 Å². The summed E-state index contributed by atoms with van der Waals surface area (Å²) in [7, 11) is 0. The smallest absolute Gasteiger partial charge is 0.221 e. The SMILES string of the molecule is CCC(O)(CC)CNc1cccc(NC(C)=O)c1. The number of anilines is 2. The highest BCUT2D eigenvalue weighted by atomic mass is 16.3. The lowest BCUT2D eigenvalue weighted by Gasteiger charge is -2.26. The molecule has 0 fully saturated rings. The van der Waals surface area contributed by atoms with Crippen LogP contribution in [0.2, 0.25) is 0 Å². The first-order chi connectivity index (χ1) is 8.49. The third-order valence-corrected chi connectivity index (χ3v) is 3.12. The van der Waals surface area contributed by atoms with E-state index in [1.165, 1.54) is 6.92 Å². The van der Waals surface area contributed by atoms with Crippen molar-refractivity contribution in [2.75, 3.05) is 17.2 Å². The van der Waals surface area contributed by atoms with Gasteiger partial charge in [0, 0.05) is 24.8 Å². The molecule has 1 amide bonds. The third-order valence-electron chi connectivity index (χ3n) is 3.12. The van der Waals surface area contributed by atoms with Gasteiger partial charge in [-0.25, -0.2) is 0 Å². The first-order valence-corrected chi connectivity index (χ1v) is 6.33. The van der Waals surface area contributed by atoms with E-state index in [2.05, 4.69) is 10.6 Å². The van der Waals surface area contributed by atoms with E-state index in [1.54, 1.807) is 0 Å². The summed E-state index contributed by atoms with van der Waals surface area (Å²) in [5, 5.41) is 16.1. The Hall–Kier alpha value is -1.55. The first kappa shape index (κ1) is 14.5. The minimum Gasteiger partial charge on any atom is -0.388 e. The van der Waals surface area contributed by atoms with Crippen molar-refractivity contribution in [3.63, 3.8) is 0 Å². The number of rotatable bonds is 6. The Morgan fingerprint density at radius 1 is 1.28 bits per heavy atom. The molecule has 3 N–H and O–H groups in total. The summed E-state index contributed by atoms with van der Waals surface area (Å²) >= 11 is 0. The Bertz CT molecular complexity index is 401. The molecule has 1 aromatic rings. The Kier molecular flexibility index (Phi) is 5.16. The molecule has 1 rings (SSSR count). The Labute approximate surface area is 108 Å². The van der Waals surface area contributed by atoms with E-state index in [0.29, 0.717) is 19.4 Å². The number of carbonyl (C=O) groups excluding carboxylic acids is 1. The van der Waals surface area contributed by atoms with Gasteiger partial charge in [0.15, 0.2) is 0 Å². The van der Waals surface area contributed by atoms with Crippen LogP contribution in [-0.4, -0.2) is 23.2 Å². The predicted octanol–water partition coefficient (Wildman–Crippen LogP) is 2.61. The lowest BCUT2D eigenvalue weighted by molar-refractivity contribution is -0.114. The summed E-state index contributed by atoms with van der Waals surface area (Å²) in [5.41, 5.74) is 0.968. The van der Waals surface area contributed by atoms with Gasteiger partial charge in [0.2, 0.25) is 5.91 Å². The summed E-state index contributed by atoms with van der Waals surface area (Å²) in [6, 6.07) is 7.47. The van der Waals surface area contributed by atoms with Crippen LogP contribution in [-0.2, 0) is 4.79 Å². The van der Waals surface area contributed by atoms with Gasteiger partial charge in [0.05, 0.1) is 5.60 Å². The molecule has 0 aliphatic heterocycles. The zero-order valence-electron chi connectivity index (χ0n) is 11.3. The van der Waals surface area contributed by atoms with E-state index < -0.39 is 5.60 Å². The van der Waals surface area contributed by atoms with Crippen molar-refractivity contribution in [2.45, 2.75) is 39.2 Å². The fourth-order valence-electron chi connectivity index (χ4n) is 1.68. The van der Waals surface area contributed by atoms with E-state index in [0.717, 1.165) is 11.4 Å². The number of carbonyl (C=O) groups is 1. The largest absolute Gasteiger partial charge is 0.388 e. The zero-order chi connectivity index (χ0) is 13.6. The average molecular weight is 250 g/mol. The molecule has 0 radical (unpaired) electrons. The molecule has 0 saturated carbocycles. The normalized spacial score (nSPS) is 11.1. The van der Waals surface area contributed by atoms with Crippen molar-refractivity contribution in [3.05, 3.63) is 24.3 Å². The number of hydrogen-bond acceptors (Lipinski definition) is 3. The van der Waals surface area contributed by atoms with Gasteiger partial charge in [-0.05, 0) is 31.0 Å². The van der Waals surface area contributed by atoms with Gasteiger partial charge < -0.3 is 15.7 Å². The van der Waals surface area contributed by atoms with Crippen LogP contribution in [0.25, 0.3) is 0 Å². The standard InChI is InChI=1S/C14H22N2O2/c1-4-14(18,5-2)10-15-12-7-6-8-13(9-12)16-11(3)17/h6-9,15,18H,4-5,10H2,1-3H3,(H,16,17). The number of nitrogens with one attached hydrogen (secondary N) is 2. The molecule has 4 nitrogen and oxygen atoms in total. The quantitative estimate of drug-likeness (QED) is 0.727. The number of benzene rings is 1. The van der Waals surface area contributed by atoms with Crippen LogP contribution in [0.1, 0.15) is 33.6 Å². The summed E-state index contributed by atoms with van der Waals surface area (Å²) in [5.74, 6) is -0.0919. The van der Waals surface area contributed by atoms with Gasteiger partial charge in [-0.15, -0.1) is 0 Å². The van der Waals surface area contributed by atoms with Crippen LogP contribution in [0.5, 0.6) is 0 Å². The molecular formula is C14H22N2O2. The highest BCUT2D eigenvalue weighted by molar-refractivity contribution is 5.89. The van der Waals surface area contributed by atoms with Gasteiger partial charge in [0.1, 0.15) is 0 Å². The van der Waals surface area contributed by atoms with Crippen molar-refractivity contribution in [3.8, 4) is 0 Å². The summed E-state index contributed by atoms with van der Waals surface area (Å²) in [4.78, 5) is 11.0. The van der Waals surface area contributed by atoms with Crippen molar-refractivity contribution < 1.29 is 9.90 Å². The molecule has 0 unspecified atom stereocenters.